The molecule has 0 saturated heterocycles. The number of H-pyrrole nitrogens is 1. The Morgan fingerprint density at radius 1 is 1.55 bits per heavy atom. The second-order valence-corrected chi connectivity index (χ2v) is 5.99. The summed E-state index contributed by atoms with van der Waals surface area (Å²) in [6.45, 7) is 1.98. The number of aromatic amines is 1. The van der Waals surface area contributed by atoms with Gasteiger partial charge in [-0.05, 0) is 40.5 Å². The van der Waals surface area contributed by atoms with Gasteiger partial charge in [0.05, 0.1) is 11.4 Å². The highest BCUT2D eigenvalue weighted by molar-refractivity contribution is 9.10. The van der Waals surface area contributed by atoms with E-state index in [9.17, 15) is 9.59 Å². The van der Waals surface area contributed by atoms with E-state index in [1.165, 1.54) is 16.3 Å². The molecular weight excluding hydrogens is 344 g/mol. The zero-order valence-corrected chi connectivity index (χ0v) is 13.3. The smallest absolute Gasteiger partial charge is 0.324 e. The van der Waals surface area contributed by atoms with Gasteiger partial charge in [0.15, 0.2) is 5.16 Å². The number of carbonyl (C=O) groups excluding carboxylic acids is 1. The first kappa shape index (κ1) is 14.9. The van der Waals surface area contributed by atoms with Crippen molar-refractivity contribution in [2.24, 2.45) is 7.05 Å². The number of aromatic nitrogens is 3. The molecule has 6 nitrogen and oxygen atoms in total. The molecule has 1 amide bonds. The number of nitrogens with zero attached hydrogens (tertiary/aromatic N) is 2. The van der Waals surface area contributed by atoms with E-state index in [0.29, 0.717) is 5.16 Å². The van der Waals surface area contributed by atoms with Crippen molar-refractivity contribution in [2.45, 2.75) is 12.1 Å². The largest absolute Gasteiger partial charge is 0.343 e. The number of hydrogen-bond acceptors (Lipinski definition) is 4. The molecule has 2 N–H and O–H groups in total. The maximum atomic E-state index is 11.9. The highest BCUT2D eigenvalue weighted by atomic mass is 79.9. The Morgan fingerprint density at radius 3 is 2.90 bits per heavy atom. The molecule has 0 atom stereocenters. The van der Waals surface area contributed by atoms with Crippen molar-refractivity contribution in [3.8, 4) is 0 Å². The lowest BCUT2D eigenvalue weighted by molar-refractivity contribution is -0.113. The van der Waals surface area contributed by atoms with Crippen LogP contribution in [0.1, 0.15) is 5.56 Å². The Labute approximate surface area is 128 Å². The van der Waals surface area contributed by atoms with Gasteiger partial charge in [0.2, 0.25) is 5.91 Å². The molecule has 0 aliphatic rings. The first-order valence-corrected chi connectivity index (χ1v) is 7.55. The summed E-state index contributed by atoms with van der Waals surface area (Å²) in [5, 5.41) is 9.43. The maximum absolute atomic E-state index is 11.9. The Morgan fingerprint density at radius 2 is 2.30 bits per heavy atom. The number of benzene rings is 1. The van der Waals surface area contributed by atoms with Gasteiger partial charge in [0, 0.05) is 11.5 Å². The molecule has 8 heteroatoms. The Hall–Kier alpha value is -1.54. The van der Waals surface area contributed by atoms with Crippen LogP contribution in [0.15, 0.2) is 32.6 Å². The Bertz CT molecular complexity index is 695. The van der Waals surface area contributed by atoms with Crippen LogP contribution in [0, 0.1) is 6.92 Å². The molecule has 106 valence electrons. The molecule has 2 rings (SSSR count). The van der Waals surface area contributed by atoms with E-state index < -0.39 is 0 Å². The topological polar surface area (TPSA) is 79.8 Å². The third-order valence-corrected chi connectivity index (χ3v) is 4.26. The number of anilines is 1. The van der Waals surface area contributed by atoms with Crippen molar-refractivity contribution in [1.82, 2.24) is 14.8 Å². The number of halogens is 1. The van der Waals surface area contributed by atoms with Crippen LogP contribution >= 0.6 is 27.7 Å². The van der Waals surface area contributed by atoms with Crippen LogP contribution in [-0.2, 0) is 11.8 Å². The minimum absolute atomic E-state index is 0.157. The molecule has 1 aromatic heterocycles. The fourth-order valence-corrected chi connectivity index (χ4v) is 2.81. The van der Waals surface area contributed by atoms with Crippen molar-refractivity contribution in [2.75, 3.05) is 11.1 Å². The van der Waals surface area contributed by atoms with Gasteiger partial charge >= 0.3 is 5.69 Å². The number of nitrogens with one attached hydrogen (secondary N) is 2. The maximum Gasteiger partial charge on any atom is 0.343 e. The van der Waals surface area contributed by atoms with E-state index in [4.69, 9.17) is 0 Å². The van der Waals surface area contributed by atoms with Gasteiger partial charge in [0.25, 0.3) is 0 Å². The summed E-state index contributed by atoms with van der Waals surface area (Å²) in [6, 6.07) is 5.69. The normalized spacial score (nSPS) is 10.6. The Kier molecular flexibility index (Phi) is 4.66. The van der Waals surface area contributed by atoms with E-state index in [-0.39, 0.29) is 17.3 Å². The molecule has 20 heavy (non-hydrogen) atoms. The molecule has 0 fully saturated rings. The van der Waals surface area contributed by atoms with Crippen LogP contribution in [0.3, 0.4) is 0 Å². The quantitative estimate of drug-likeness (QED) is 0.820. The Balaban J connectivity index is 1.96. The lowest BCUT2D eigenvalue weighted by Gasteiger charge is -2.07. The average Bonchev–Trinajstić information content (AvgIpc) is 2.71. The summed E-state index contributed by atoms with van der Waals surface area (Å²) in [5.74, 6) is 0.0216. The fraction of sp³-hybridized carbons (Fsp3) is 0.250. The molecular formula is C12H13BrN4O2S. The fourth-order valence-electron chi connectivity index (χ4n) is 1.50. The van der Waals surface area contributed by atoms with E-state index in [1.807, 2.05) is 25.1 Å². The predicted molar refractivity (Wildman–Crippen MR) is 82.1 cm³/mol. The summed E-state index contributed by atoms with van der Waals surface area (Å²) in [6.07, 6.45) is 0. The zero-order chi connectivity index (χ0) is 14.7. The van der Waals surface area contributed by atoms with Crippen LogP contribution < -0.4 is 11.0 Å². The lowest BCUT2D eigenvalue weighted by atomic mass is 10.2. The number of carbonyl (C=O) groups is 1. The summed E-state index contributed by atoms with van der Waals surface area (Å²) >= 11 is 4.60. The SMILES string of the molecule is Cc1ccc(NC(=O)CSc2n[nH]c(=O)n2C)c(Br)c1. The number of amides is 1. The molecule has 0 unspecified atom stereocenters. The first-order chi connectivity index (χ1) is 9.47. The number of thioether (sulfide) groups is 1. The summed E-state index contributed by atoms with van der Waals surface area (Å²) in [5.41, 5.74) is 1.53. The minimum Gasteiger partial charge on any atom is -0.324 e. The number of aryl methyl sites for hydroxylation is 1. The molecule has 1 aromatic carbocycles. The zero-order valence-electron chi connectivity index (χ0n) is 10.9. The van der Waals surface area contributed by atoms with Crippen LogP contribution in [0.2, 0.25) is 0 Å². The van der Waals surface area contributed by atoms with Gasteiger partial charge in [-0.25, -0.2) is 9.89 Å². The van der Waals surface area contributed by atoms with Gasteiger partial charge in [0.1, 0.15) is 0 Å². The highest BCUT2D eigenvalue weighted by Crippen LogP contribution is 2.23. The van der Waals surface area contributed by atoms with Crippen LogP contribution in [0.5, 0.6) is 0 Å². The number of rotatable bonds is 4. The molecule has 0 bridgehead atoms. The highest BCUT2D eigenvalue weighted by Gasteiger charge is 2.10. The average molecular weight is 357 g/mol. The van der Waals surface area contributed by atoms with Gasteiger partial charge in [-0.1, -0.05) is 17.8 Å². The van der Waals surface area contributed by atoms with Gasteiger partial charge < -0.3 is 5.32 Å². The molecule has 0 aliphatic carbocycles. The van der Waals surface area contributed by atoms with Crippen molar-refractivity contribution in [1.29, 1.82) is 0 Å². The minimum atomic E-state index is -0.297. The summed E-state index contributed by atoms with van der Waals surface area (Å²) in [4.78, 5) is 23.0. The number of hydrogen-bond donors (Lipinski definition) is 2. The second kappa shape index (κ2) is 6.27. The first-order valence-electron chi connectivity index (χ1n) is 5.77. The summed E-state index contributed by atoms with van der Waals surface area (Å²) in [7, 11) is 1.60. The van der Waals surface area contributed by atoms with Gasteiger partial charge in [-0.2, -0.15) is 0 Å². The van der Waals surface area contributed by atoms with Crippen molar-refractivity contribution >= 4 is 39.3 Å². The van der Waals surface area contributed by atoms with E-state index in [0.717, 1.165) is 15.7 Å². The molecule has 0 aliphatic heterocycles. The van der Waals surface area contributed by atoms with Crippen LogP contribution in [-0.4, -0.2) is 26.4 Å². The summed E-state index contributed by atoms with van der Waals surface area (Å²) < 4.78 is 2.20. The van der Waals surface area contributed by atoms with Gasteiger partial charge in [-0.3, -0.25) is 9.36 Å². The monoisotopic (exact) mass is 356 g/mol. The standard InChI is InChI=1S/C12H13BrN4O2S/c1-7-3-4-9(8(13)5-7)14-10(18)6-20-12-16-15-11(19)17(12)2/h3-5H,6H2,1-2H3,(H,14,18)(H,15,19). The van der Waals surface area contributed by atoms with E-state index >= 15 is 0 Å². The van der Waals surface area contributed by atoms with E-state index in [2.05, 4.69) is 31.4 Å². The molecule has 0 radical (unpaired) electrons. The molecule has 1 heterocycles. The lowest BCUT2D eigenvalue weighted by Crippen LogP contribution is -2.16. The van der Waals surface area contributed by atoms with Crippen molar-refractivity contribution in [3.05, 3.63) is 38.7 Å². The molecule has 2 aromatic rings. The predicted octanol–water partition coefficient (Wildman–Crippen LogP) is 1.91. The van der Waals surface area contributed by atoms with Crippen LogP contribution in [0.4, 0.5) is 5.69 Å². The van der Waals surface area contributed by atoms with E-state index in [1.54, 1.807) is 7.05 Å². The van der Waals surface area contributed by atoms with Crippen LogP contribution in [0.25, 0.3) is 0 Å². The van der Waals surface area contributed by atoms with Gasteiger partial charge in [-0.15, -0.1) is 5.10 Å². The molecule has 0 spiro atoms. The third kappa shape index (κ3) is 3.51. The molecule has 0 saturated carbocycles. The van der Waals surface area contributed by atoms with Crippen molar-refractivity contribution < 1.29 is 4.79 Å². The van der Waals surface area contributed by atoms with Crippen molar-refractivity contribution in [3.63, 3.8) is 0 Å². The second-order valence-electron chi connectivity index (χ2n) is 4.19. The third-order valence-electron chi connectivity index (χ3n) is 2.57.